The van der Waals surface area contributed by atoms with E-state index in [0.717, 1.165) is 12.8 Å². The third-order valence-electron chi connectivity index (χ3n) is 3.02. The van der Waals surface area contributed by atoms with Crippen LogP contribution in [0.15, 0.2) is 0 Å². The van der Waals surface area contributed by atoms with Gasteiger partial charge in [0.2, 0.25) is 0 Å². The lowest BCUT2D eigenvalue weighted by Gasteiger charge is -2.25. The molecule has 76 valence electrons. The molecular formula is C11H20O2. The Morgan fingerprint density at radius 1 is 1.54 bits per heavy atom. The molecule has 0 aromatic carbocycles. The molecule has 1 aliphatic rings. The number of carbonyl (C=O) groups excluding carboxylic acids is 1. The second-order valence-electron chi connectivity index (χ2n) is 4.15. The number of hydrogen-bond acceptors (Lipinski definition) is 2. The van der Waals surface area contributed by atoms with E-state index in [1.165, 1.54) is 19.3 Å². The van der Waals surface area contributed by atoms with Crippen LogP contribution in [0, 0.1) is 11.8 Å². The number of Topliss-reactive ketones (excluding diaryl/α,β-unsaturated/α-hetero) is 1. The van der Waals surface area contributed by atoms with Gasteiger partial charge in [-0.25, -0.2) is 0 Å². The van der Waals surface area contributed by atoms with Crippen LogP contribution >= 0.6 is 0 Å². The summed E-state index contributed by atoms with van der Waals surface area (Å²) in [5.41, 5.74) is 0. The van der Waals surface area contributed by atoms with Crippen molar-refractivity contribution in [3.05, 3.63) is 0 Å². The van der Waals surface area contributed by atoms with Crippen LogP contribution in [0.4, 0.5) is 0 Å². The summed E-state index contributed by atoms with van der Waals surface area (Å²) < 4.78 is 4.96. The van der Waals surface area contributed by atoms with Gasteiger partial charge in [-0.2, -0.15) is 0 Å². The molecule has 1 atom stereocenters. The van der Waals surface area contributed by atoms with Gasteiger partial charge in [0.05, 0.1) is 0 Å². The molecule has 0 aliphatic heterocycles. The lowest BCUT2D eigenvalue weighted by molar-refractivity contribution is -0.124. The van der Waals surface area contributed by atoms with Gasteiger partial charge in [0.25, 0.3) is 0 Å². The number of methoxy groups -OCH3 is 1. The van der Waals surface area contributed by atoms with E-state index in [-0.39, 0.29) is 5.92 Å². The second kappa shape index (κ2) is 5.38. The molecule has 2 nitrogen and oxygen atoms in total. The summed E-state index contributed by atoms with van der Waals surface area (Å²) in [5.74, 6) is 1.33. The number of ether oxygens (including phenoxy) is 1. The highest BCUT2D eigenvalue weighted by Crippen LogP contribution is 2.30. The SMILES string of the molecule is COCCC(C)C(=O)CC1CCC1. The lowest BCUT2D eigenvalue weighted by Crippen LogP contribution is -2.21. The third kappa shape index (κ3) is 3.47. The normalized spacial score (nSPS) is 19.5. The number of ketones is 1. The Labute approximate surface area is 80.7 Å². The molecule has 0 heterocycles. The molecule has 1 saturated carbocycles. The number of carbonyl (C=O) groups is 1. The first-order chi connectivity index (χ1) is 6.24. The van der Waals surface area contributed by atoms with Crippen LogP contribution in [0.25, 0.3) is 0 Å². The van der Waals surface area contributed by atoms with Crippen molar-refractivity contribution in [2.24, 2.45) is 11.8 Å². The molecule has 0 saturated heterocycles. The fourth-order valence-corrected chi connectivity index (χ4v) is 1.64. The zero-order chi connectivity index (χ0) is 9.68. The molecule has 0 aromatic rings. The minimum atomic E-state index is 0.195. The molecule has 0 N–H and O–H groups in total. The number of hydrogen-bond donors (Lipinski definition) is 0. The maximum atomic E-state index is 11.6. The van der Waals surface area contributed by atoms with Crippen LogP contribution in [0.1, 0.15) is 39.0 Å². The Morgan fingerprint density at radius 3 is 2.69 bits per heavy atom. The second-order valence-corrected chi connectivity index (χ2v) is 4.15. The predicted octanol–water partition coefficient (Wildman–Crippen LogP) is 2.42. The van der Waals surface area contributed by atoms with Gasteiger partial charge in [0.15, 0.2) is 0 Å². The first-order valence-electron chi connectivity index (χ1n) is 5.25. The summed E-state index contributed by atoms with van der Waals surface area (Å²) in [7, 11) is 1.68. The minimum Gasteiger partial charge on any atom is -0.385 e. The highest BCUT2D eigenvalue weighted by Gasteiger charge is 2.23. The first-order valence-corrected chi connectivity index (χ1v) is 5.25. The van der Waals surface area contributed by atoms with Gasteiger partial charge in [-0.05, 0) is 12.3 Å². The Bertz CT molecular complexity index is 161. The van der Waals surface area contributed by atoms with E-state index in [1.54, 1.807) is 7.11 Å². The Kier molecular flexibility index (Phi) is 4.43. The van der Waals surface area contributed by atoms with E-state index in [2.05, 4.69) is 0 Å². The maximum absolute atomic E-state index is 11.6. The Balaban J connectivity index is 2.13. The largest absolute Gasteiger partial charge is 0.385 e. The molecule has 1 rings (SSSR count). The topological polar surface area (TPSA) is 26.3 Å². The Morgan fingerprint density at radius 2 is 2.23 bits per heavy atom. The molecule has 0 spiro atoms. The van der Waals surface area contributed by atoms with E-state index in [1.807, 2.05) is 6.92 Å². The molecule has 2 heteroatoms. The lowest BCUT2D eigenvalue weighted by atomic mass is 9.80. The van der Waals surface area contributed by atoms with E-state index in [9.17, 15) is 4.79 Å². The summed E-state index contributed by atoms with van der Waals surface area (Å²) in [6.07, 6.45) is 5.54. The van der Waals surface area contributed by atoms with Crippen LogP contribution in [-0.2, 0) is 9.53 Å². The molecule has 0 aromatic heterocycles. The van der Waals surface area contributed by atoms with Crippen molar-refractivity contribution >= 4 is 5.78 Å². The van der Waals surface area contributed by atoms with Crippen LogP contribution in [0.2, 0.25) is 0 Å². The van der Waals surface area contributed by atoms with Crippen molar-refractivity contribution in [1.29, 1.82) is 0 Å². The van der Waals surface area contributed by atoms with Gasteiger partial charge >= 0.3 is 0 Å². The van der Waals surface area contributed by atoms with Crippen LogP contribution < -0.4 is 0 Å². The van der Waals surface area contributed by atoms with Crippen LogP contribution in [0.5, 0.6) is 0 Å². The van der Waals surface area contributed by atoms with Crippen molar-refractivity contribution in [3.8, 4) is 0 Å². The number of rotatable bonds is 6. The fourth-order valence-electron chi connectivity index (χ4n) is 1.64. The molecule has 13 heavy (non-hydrogen) atoms. The molecule has 1 aliphatic carbocycles. The molecule has 0 amide bonds. The first kappa shape index (κ1) is 10.7. The minimum absolute atomic E-state index is 0.195. The Hall–Kier alpha value is -0.370. The molecule has 0 radical (unpaired) electrons. The van der Waals surface area contributed by atoms with Crippen molar-refractivity contribution < 1.29 is 9.53 Å². The monoisotopic (exact) mass is 184 g/mol. The predicted molar refractivity (Wildman–Crippen MR) is 52.6 cm³/mol. The highest BCUT2D eigenvalue weighted by molar-refractivity contribution is 5.80. The smallest absolute Gasteiger partial charge is 0.136 e. The van der Waals surface area contributed by atoms with Crippen LogP contribution in [0.3, 0.4) is 0 Å². The van der Waals surface area contributed by atoms with Crippen molar-refractivity contribution in [3.63, 3.8) is 0 Å². The van der Waals surface area contributed by atoms with Gasteiger partial charge < -0.3 is 4.74 Å². The van der Waals surface area contributed by atoms with Gasteiger partial charge in [-0.15, -0.1) is 0 Å². The fraction of sp³-hybridized carbons (Fsp3) is 0.909. The van der Waals surface area contributed by atoms with Gasteiger partial charge in [0.1, 0.15) is 5.78 Å². The van der Waals surface area contributed by atoms with E-state index in [4.69, 9.17) is 4.74 Å². The zero-order valence-electron chi connectivity index (χ0n) is 8.71. The van der Waals surface area contributed by atoms with Crippen LogP contribution in [-0.4, -0.2) is 19.5 Å². The van der Waals surface area contributed by atoms with Gasteiger partial charge in [0, 0.05) is 26.1 Å². The molecule has 0 bridgehead atoms. The van der Waals surface area contributed by atoms with Crippen molar-refractivity contribution in [1.82, 2.24) is 0 Å². The zero-order valence-corrected chi connectivity index (χ0v) is 8.71. The standard InChI is InChI=1S/C11H20O2/c1-9(6-7-13-2)11(12)8-10-4-3-5-10/h9-10H,3-8H2,1-2H3. The van der Waals surface area contributed by atoms with E-state index < -0.39 is 0 Å². The molecule has 1 fully saturated rings. The highest BCUT2D eigenvalue weighted by atomic mass is 16.5. The summed E-state index contributed by atoms with van der Waals surface area (Å²) >= 11 is 0. The third-order valence-corrected chi connectivity index (χ3v) is 3.02. The average Bonchev–Trinajstić information content (AvgIpc) is 2.06. The molecular weight excluding hydrogens is 164 g/mol. The average molecular weight is 184 g/mol. The summed E-state index contributed by atoms with van der Waals surface area (Å²) in [6.45, 7) is 2.72. The summed E-state index contributed by atoms with van der Waals surface area (Å²) in [4.78, 5) is 11.6. The summed E-state index contributed by atoms with van der Waals surface area (Å²) in [5, 5.41) is 0. The molecule has 1 unspecified atom stereocenters. The van der Waals surface area contributed by atoms with Crippen molar-refractivity contribution in [2.45, 2.75) is 39.0 Å². The maximum Gasteiger partial charge on any atom is 0.136 e. The van der Waals surface area contributed by atoms with Gasteiger partial charge in [-0.3, -0.25) is 4.79 Å². The van der Waals surface area contributed by atoms with E-state index in [0.29, 0.717) is 18.3 Å². The quantitative estimate of drug-likeness (QED) is 0.633. The van der Waals surface area contributed by atoms with E-state index >= 15 is 0 Å². The summed E-state index contributed by atoms with van der Waals surface area (Å²) in [6, 6.07) is 0. The van der Waals surface area contributed by atoms with Crippen molar-refractivity contribution in [2.75, 3.05) is 13.7 Å². The van der Waals surface area contributed by atoms with Gasteiger partial charge in [-0.1, -0.05) is 26.2 Å².